The van der Waals surface area contributed by atoms with Crippen LogP contribution in [-0.2, 0) is 0 Å². The molecule has 2 atom stereocenters. The van der Waals surface area contributed by atoms with Gasteiger partial charge in [0.05, 0.1) is 0 Å². The Kier molecular flexibility index (Phi) is 13.2. The highest BCUT2D eigenvalue weighted by Crippen LogP contribution is 2.16. The maximum atomic E-state index is 9.21. The molecule has 0 saturated carbocycles. The summed E-state index contributed by atoms with van der Waals surface area (Å²) in [6.45, 7) is 10.6. The molecule has 1 saturated heterocycles. The van der Waals surface area contributed by atoms with Crippen molar-refractivity contribution in [2.75, 3.05) is 39.8 Å². The van der Waals surface area contributed by atoms with E-state index in [1.54, 1.807) is 0 Å². The first-order valence-electron chi connectivity index (χ1n) is 8.90. The van der Waals surface area contributed by atoms with E-state index < -0.39 is 0 Å². The van der Waals surface area contributed by atoms with Crippen LogP contribution in [0.3, 0.4) is 0 Å². The minimum absolute atomic E-state index is 0. The van der Waals surface area contributed by atoms with Crippen molar-refractivity contribution in [1.29, 1.82) is 0 Å². The van der Waals surface area contributed by atoms with E-state index in [2.05, 4.69) is 43.4 Å². The molecule has 0 amide bonds. The second-order valence-corrected chi connectivity index (χ2v) is 6.89. The van der Waals surface area contributed by atoms with Gasteiger partial charge in [-0.15, -0.1) is 24.0 Å². The molecule has 23 heavy (non-hydrogen) atoms. The Morgan fingerprint density at radius 1 is 1.35 bits per heavy atom. The fourth-order valence-electron chi connectivity index (χ4n) is 3.15. The van der Waals surface area contributed by atoms with Gasteiger partial charge < -0.3 is 20.6 Å². The van der Waals surface area contributed by atoms with Crippen LogP contribution in [0.5, 0.6) is 0 Å². The lowest BCUT2D eigenvalue weighted by Crippen LogP contribution is -2.44. The van der Waals surface area contributed by atoms with Crippen LogP contribution in [0, 0.1) is 11.8 Å². The van der Waals surface area contributed by atoms with Gasteiger partial charge in [0.2, 0.25) is 0 Å². The van der Waals surface area contributed by atoms with Gasteiger partial charge in [0.15, 0.2) is 5.96 Å². The predicted octanol–water partition coefficient (Wildman–Crippen LogP) is 2.30. The van der Waals surface area contributed by atoms with Crippen molar-refractivity contribution < 1.29 is 5.11 Å². The molecule has 0 radical (unpaired) electrons. The van der Waals surface area contributed by atoms with Crippen LogP contribution in [0.25, 0.3) is 0 Å². The molecule has 1 fully saturated rings. The van der Waals surface area contributed by atoms with E-state index in [9.17, 15) is 5.11 Å². The Bertz CT molecular complexity index is 326. The molecule has 3 N–H and O–H groups in total. The number of hydrogen-bond acceptors (Lipinski definition) is 3. The van der Waals surface area contributed by atoms with Crippen molar-refractivity contribution in [3.05, 3.63) is 0 Å². The van der Waals surface area contributed by atoms with Gasteiger partial charge in [-0.3, -0.25) is 4.99 Å². The van der Waals surface area contributed by atoms with Crippen LogP contribution >= 0.6 is 24.0 Å². The highest BCUT2D eigenvalue weighted by atomic mass is 127. The van der Waals surface area contributed by atoms with Gasteiger partial charge in [0, 0.05) is 32.3 Å². The fraction of sp³-hybridized carbons (Fsp3) is 0.941. The molecule has 2 unspecified atom stereocenters. The lowest BCUT2D eigenvalue weighted by Gasteiger charge is -2.22. The first-order valence-corrected chi connectivity index (χ1v) is 8.90. The molecule has 138 valence electrons. The second kappa shape index (κ2) is 13.2. The Morgan fingerprint density at radius 3 is 2.61 bits per heavy atom. The van der Waals surface area contributed by atoms with E-state index >= 15 is 0 Å². The van der Waals surface area contributed by atoms with Crippen molar-refractivity contribution in [1.82, 2.24) is 15.5 Å². The summed E-state index contributed by atoms with van der Waals surface area (Å²) in [7, 11) is 2.20. The minimum Gasteiger partial charge on any atom is -0.396 e. The summed E-state index contributed by atoms with van der Waals surface area (Å²) in [5.41, 5.74) is 0. The van der Waals surface area contributed by atoms with Crippen molar-refractivity contribution in [2.24, 2.45) is 16.8 Å². The SMILES string of the molecule is CCNC(=NCC(CCO)CC(C)C)NCC1CCCN1C.I. The molecule has 5 nitrogen and oxygen atoms in total. The van der Waals surface area contributed by atoms with Gasteiger partial charge >= 0.3 is 0 Å². The average Bonchev–Trinajstić information content (AvgIpc) is 2.87. The van der Waals surface area contributed by atoms with Crippen LogP contribution in [0.4, 0.5) is 0 Å². The molecule has 1 aliphatic rings. The average molecular weight is 440 g/mol. The topological polar surface area (TPSA) is 59.9 Å². The van der Waals surface area contributed by atoms with Gasteiger partial charge in [-0.05, 0) is 58.0 Å². The molecule has 1 rings (SSSR count). The summed E-state index contributed by atoms with van der Waals surface area (Å²) in [6.07, 6.45) is 4.52. The number of nitrogens with one attached hydrogen (secondary N) is 2. The van der Waals surface area contributed by atoms with Crippen LogP contribution in [0.1, 0.15) is 46.5 Å². The first kappa shape index (κ1) is 22.9. The number of aliphatic hydroxyl groups excluding tert-OH is 1. The first-order chi connectivity index (χ1) is 10.6. The minimum atomic E-state index is 0. The van der Waals surface area contributed by atoms with E-state index in [1.165, 1.54) is 19.4 Å². The van der Waals surface area contributed by atoms with E-state index in [4.69, 9.17) is 4.99 Å². The van der Waals surface area contributed by atoms with Crippen molar-refractivity contribution in [2.45, 2.75) is 52.5 Å². The number of rotatable bonds is 9. The summed E-state index contributed by atoms with van der Waals surface area (Å²) in [5.74, 6) is 2.03. The van der Waals surface area contributed by atoms with Crippen LogP contribution < -0.4 is 10.6 Å². The van der Waals surface area contributed by atoms with E-state index in [0.717, 1.165) is 38.4 Å². The summed E-state index contributed by atoms with van der Waals surface area (Å²) >= 11 is 0. The molecular formula is C17H37IN4O. The summed E-state index contributed by atoms with van der Waals surface area (Å²) in [4.78, 5) is 7.16. The standard InChI is InChI=1S/C17H36N4O.HI/c1-5-18-17(20-13-16-7-6-9-21(16)4)19-12-15(8-10-22)11-14(2)3;/h14-16,22H,5-13H2,1-4H3,(H2,18,19,20);1H. The largest absolute Gasteiger partial charge is 0.396 e. The monoisotopic (exact) mass is 440 g/mol. The maximum absolute atomic E-state index is 9.21. The fourth-order valence-corrected chi connectivity index (χ4v) is 3.15. The van der Waals surface area contributed by atoms with Gasteiger partial charge in [0.25, 0.3) is 0 Å². The zero-order chi connectivity index (χ0) is 16.4. The highest BCUT2D eigenvalue weighted by molar-refractivity contribution is 14.0. The van der Waals surface area contributed by atoms with Gasteiger partial charge in [-0.2, -0.15) is 0 Å². The molecule has 0 spiro atoms. The Balaban J connectivity index is 0.00000484. The van der Waals surface area contributed by atoms with Crippen LogP contribution in [0.2, 0.25) is 0 Å². The number of likely N-dealkylation sites (N-methyl/N-ethyl adjacent to an activating group) is 1. The second-order valence-electron chi connectivity index (χ2n) is 6.89. The molecule has 0 aromatic carbocycles. The van der Waals surface area contributed by atoms with Crippen molar-refractivity contribution in [3.63, 3.8) is 0 Å². The summed E-state index contributed by atoms with van der Waals surface area (Å²) in [6, 6.07) is 0.618. The summed E-state index contributed by atoms with van der Waals surface area (Å²) in [5, 5.41) is 16.0. The molecule has 6 heteroatoms. The third kappa shape index (κ3) is 9.72. The zero-order valence-corrected chi connectivity index (χ0v) is 17.7. The third-order valence-electron chi connectivity index (χ3n) is 4.37. The normalized spacial score (nSPS) is 20.4. The number of halogens is 1. The number of nitrogens with zero attached hydrogens (tertiary/aromatic N) is 2. The van der Waals surface area contributed by atoms with Gasteiger partial charge in [0.1, 0.15) is 0 Å². The molecule has 0 aliphatic carbocycles. The van der Waals surface area contributed by atoms with Gasteiger partial charge in [-0.1, -0.05) is 13.8 Å². The number of aliphatic imine (C=N–C) groups is 1. The molecule has 0 bridgehead atoms. The van der Waals surface area contributed by atoms with E-state index in [1.807, 2.05) is 0 Å². The van der Waals surface area contributed by atoms with Crippen LogP contribution in [0.15, 0.2) is 4.99 Å². The predicted molar refractivity (Wildman–Crippen MR) is 110 cm³/mol. The lowest BCUT2D eigenvalue weighted by molar-refractivity contribution is 0.245. The molecule has 0 aromatic heterocycles. The van der Waals surface area contributed by atoms with E-state index in [-0.39, 0.29) is 30.6 Å². The van der Waals surface area contributed by atoms with Crippen LogP contribution in [-0.4, -0.2) is 61.8 Å². The highest BCUT2D eigenvalue weighted by Gasteiger charge is 2.20. The quantitative estimate of drug-likeness (QED) is 0.293. The van der Waals surface area contributed by atoms with Crippen molar-refractivity contribution >= 4 is 29.9 Å². The maximum Gasteiger partial charge on any atom is 0.191 e. The smallest absolute Gasteiger partial charge is 0.191 e. The molecule has 1 heterocycles. The summed E-state index contributed by atoms with van der Waals surface area (Å²) < 4.78 is 0. The number of hydrogen-bond donors (Lipinski definition) is 3. The zero-order valence-electron chi connectivity index (χ0n) is 15.3. The van der Waals surface area contributed by atoms with Crippen molar-refractivity contribution in [3.8, 4) is 0 Å². The lowest BCUT2D eigenvalue weighted by atomic mass is 9.94. The molecule has 1 aliphatic heterocycles. The Morgan fingerprint density at radius 2 is 2.09 bits per heavy atom. The molecular weight excluding hydrogens is 403 g/mol. The number of guanidine groups is 1. The van der Waals surface area contributed by atoms with E-state index in [0.29, 0.717) is 17.9 Å². The Labute approximate surface area is 159 Å². The number of aliphatic hydroxyl groups is 1. The third-order valence-corrected chi connectivity index (χ3v) is 4.37. The molecule has 0 aromatic rings. The number of likely N-dealkylation sites (tertiary alicyclic amines) is 1. The van der Waals surface area contributed by atoms with Gasteiger partial charge in [-0.25, -0.2) is 0 Å². The Hall–Kier alpha value is -0.0800.